The molecule has 0 spiro atoms. The summed E-state index contributed by atoms with van der Waals surface area (Å²) in [6, 6.07) is 17.6. The van der Waals surface area contributed by atoms with E-state index in [1.807, 2.05) is 54.6 Å². The molecular formula is C17H18N2O2. The van der Waals surface area contributed by atoms with Crippen molar-refractivity contribution in [2.24, 2.45) is 0 Å². The molecule has 0 bridgehead atoms. The Morgan fingerprint density at radius 1 is 1.10 bits per heavy atom. The van der Waals surface area contributed by atoms with Gasteiger partial charge in [0.1, 0.15) is 11.8 Å². The summed E-state index contributed by atoms with van der Waals surface area (Å²) in [5.74, 6) is 0.703. The third-order valence-electron chi connectivity index (χ3n) is 3.05. The summed E-state index contributed by atoms with van der Waals surface area (Å²) >= 11 is 0. The van der Waals surface area contributed by atoms with Gasteiger partial charge in [0.15, 0.2) is 6.61 Å². The van der Waals surface area contributed by atoms with Gasteiger partial charge in [-0.15, -0.1) is 0 Å². The van der Waals surface area contributed by atoms with E-state index in [0.717, 1.165) is 16.8 Å². The van der Waals surface area contributed by atoms with Gasteiger partial charge in [0.05, 0.1) is 0 Å². The van der Waals surface area contributed by atoms with Crippen molar-refractivity contribution in [3.8, 4) is 11.8 Å². The van der Waals surface area contributed by atoms with E-state index in [2.05, 4.69) is 5.32 Å². The molecule has 2 rings (SSSR count). The van der Waals surface area contributed by atoms with Crippen LogP contribution >= 0.6 is 0 Å². The predicted molar refractivity (Wildman–Crippen MR) is 82.1 cm³/mol. The summed E-state index contributed by atoms with van der Waals surface area (Å²) in [7, 11) is 0. The van der Waals surface area contributed by atoms with Crippen molar-refractivity contribution >= 4 is 5.69 Å². The summed E-state index contributed by atoms with van der Waals surface area (Å²) in [6.45, 7) is 0.911. The molecule has 0 heterocycles. The number of benzene rings is 2. The molecular weight excluding hydrogens is 264 g/mol. The SMILES string of the molecule is N#CCOc1cccc(CNc2ccc(CCO)cc2)c1. The van der Waals surface area contributed by atoms with Crippen LogP contribution in [0.2, 0.25) is 0 Å². The smallest absolute Gasteiger partial charge is 0.174 e. The topological polar surface area (TPSA) is 65.3 Å². The quantitative estimate of drug-likeness (QED) is 0.819. The molecule has 0 aliphatic heterocycles. The minimum Gasteiger partial charge on any atom is -0.479 e. The van der Waals surface area contributed by atoms with Gasteiger partial charge in [-0.25, -0.2) is 0 Å². The first-order valence-electron chi connectivity index (χ1n) is 6.84. The van der Waals surface area contributed by atoms with Crippen molar-refractivity contribution in [2.45, 2.75) is 13.0 Å². The average Bonchev–Trinajstić information content (AvgIpc) is 2.53. The first-order valence-corrected chi connectivity index (χ1v) is 6.84. The maximum absolute atomic E-state index is 8.88. The van der Waals surface area contributed by atoms with E-state index in [-0.39, 0.29) is 13.2 Å². The second kappa shape index (κ2) is 7.93. The molecule has 2 N–H and O–H groups in total. The second-order valence-corrected chi connectivity index (χ2v) is 4.62. The largest absolute Gasteiger partial charge is 0.479 e. The highest BCUT2D eigenvalue weighted by atomic mass is 16.5. The van der Waals surface area contributed by atoms with E-state index in [4.69, 9.17) is 15.1 Å². The van der Waals surface area contributed by atoms with Crippen LogP contribution in [-0.4, -0.2) is 18.3 Å². The van der Waals surface area contributed by atoms with Crippen LogP contribution in [0.25, 0.3) is 0 Å². The van der Waals surface area contributed by atoms with Gasteiger partial charge in [0.25, 0.3) is 0 Å². The minimum atomic E-state index is 0.0587. The fourth-order valence-corrected chi connectivity index (χ4v) is 1.98. The third-order valence-corrected chi connectivity index (χ3v) is 3.05. The zero-order valence-corrected chi connectivity index (χ0v) is 11.7. The van der Waals surface area contributed by atoms with Crippen molar-refractivity contribution in [2.75, 3.05) is 18.5 Å². The monoisotopic (exact) mass is 282 g/mol. The molecule has 0 aliphatic rings. The van der Waals surface area contributed by atoms with E-state index in [1.165, 1.54) is 0 Å². The Hall–Kier alpha value is -2.51. The zero-order valence-electron chi connectivity index (χ0n) is 11.7. The van der Waals surface area contributed by atoms with Gasteiger partial charge in [-0.3, -0.25) is 0 Å². The first-order chi connectivity index (χ1) is 10.3. The van der Waals surface area contributed by atoms with E-state index in [9.17, 15) is 0 Å². The minimum absolute atomic E-state index is 0.0587. The Morgan fingerprint density at radius 2 is 1.90 bits per heavy atom. The lowest BCUT2D eigenvalue weighted by molar-refractivity contribution is 0.299. The molecule has 0 fully saturated rings. The van der Waals surface area contributed by atoms with Crippen LogP contribution in [0.5, 0.6) is 5.75 Å². The molecule has 0 amide bonds. The fraction of sp³-hybridized carbons (Fsp3) is 0.235. The summed E-state index contributed by atoms with van der Waals surface area (Å²) in [5, 5.41) is 20.7. The molecule has 108 valence electrons. The van der Waals surface area contributed by atoms with E-state index >= 15 is 0 Å². The van der Waals surface area contributed by atoms with Crippen LogP contribution in [0.3, 0.4) is 0 Å². The highest BCUT2D eigenvalue weighted by molar-refractivity contribution is 5.45. The Balaban J connectivity index is 1.91. The highest BCUT2D eigenvalue weighted by Crippen LogP contribution is 2.16. The van der Waals surface area contributed by atoms with Crippen molar-refractivity contribution in [3.63, 3.8) is 0 Å². The average molecular weight is 282 g/mol. The highest BCUT2D eigenvalue weighted by Gasteiger charge is 1.98. The number of hydrogen-bond donors (Lipinski definition) is 2. The van der Waals surface area contributed by atoms with Crippen LogP contribution in [0.1, 0.15) is 11.1 Å². The van der Waals surface area contributed by atoms with Gasteiger partial charge < -0.3 is 15.2 Å². The van der Waals surface area contributed by atoms with Gasteiger partial charge in [-0.1, -0.05) is 24.3 Å². The zero-order chi connectivity index (χ0) is 14.9. The van der Waals surface area contributed by atoms with E-state index in [1.54, 1.807) is 0 Å². The number of ether oxygens (including phenoxy) is 1. The normalized spacial score (nSPS) is 9.90. The lowest BCUT2D eigenvalue weighted by atomic mass is 10.1. The molecule has 4 nitrogen and oxygen atoms in total. The number of rotatable bonds is 7. The molecule has 0 aliphatic carbocycles. The Morgan fingerprint density at radius 3 is 2.62 bits per heavy atom. The molecule has 0 radical (unpaired) electrons. The van der Waals surface area contributed by atoms with Crippen LogP contribution < -0.4 is 10.1 Å². The number of nitriles is 1. The predicted octanol–water partition coefficient (Wildman–Crippen LogP) is 2.74. The van der Waals surface area contributed by atoms with E-state index in [0.29, 0.717) is 18.7 Å². The molecule has 0 atom stereocenters. The van der Waals surface area contributed by atoms with Gasteiger partial charge in [0.2, 0.25) is 0 Å². The summed E-state index contributed by atoms with van der Waals surface area (Å²) in [6.07, 6.45) is 0.679. The van der Waals surface area contributed by atoms with Gasteiger partial charge in [-0.05, 0) is 41.8 Å². The van der Waals surface area contributed by atoms with Gasteiger partial charge in [-0.2, -0.15) is 5.26 Å². The molecule has 2 aromatic carbocycles. The lowest BCUT2D eigenvalue weighted by Crippen LogP contribution is -2.01. The third kappa shape index (κ3) is 4.83. The van der Waals surface area contributed by atoms with Crippen molar-refractivity contribution in [1.82, 2.24) is 0 Å². The van der Waals surface area contributed by atoms with Gasteiger partial charge in [0, 0.05) is 18.8 Å². The Bertz CT molecular complexity index is 603. The number of nitrogens with one attached hydrogen (secondary N) is 1. The summed E-state index contributed by atoms with van der Waals surface area (Å²) < 4.78 is 5.28. The first kappa shape index (κ1) is 14.9. The number of anilines is 1. The molecule has 0 saturated carbocycles. The molecule has 2 aromatic rings. The number of hydrogen-bond acceptors (Lipinski definition) is 4. The number of aliphatic hydroxyl groups is 1. The lowest BCUT2D eigenvalue weighted by Gasteiger charge is -2.09. The maximum atomic E-state index is 8.88. The molecule has 4 heteroatoms. The molecule has 0 aromatic heterocycles. The number of aliphatic hydroxyl groups excluding tert-OH is 1. The molecule has 0 saturated heterocycles. The summed E-state index contributed by atoms with van der Waals surface area (Å²) in [4.78, 5) is 0. The Labute approximate surface area is 124 Å². The summed E-state index contributed by atoms with van der Waals surface area (Å²) in [5.41, 5.74) is 3.24. The van der Waals surface area contributed by atoms with Gasteiger partial charge >= 0.3 is 0 Å². The van der Waals surface area contributed by atoms with E-state index < -0.39 is 0 Å². The molecule has 21 heavy (non-hydrogen) atoms. The van der Waals surface area contributed by atoms with Crippen molar-refractivity contribution in [1.29, 1.82) is 5.26 Å². The van der Waals surface area contributed by atoms with Crippen molar-refractivity contribution < 1.29 is 9.84 Å². The standard InChI is InChI=1S/C17H18N2O2/c18-9-11-21-17-3-1-2-15(12-17)13-19-16-6-4-14(5-7-16)8-10-20/h1-7,12,19-20H,8,10-11,13H2. The molecule has 0 unspecified atom stereocenters. The number of nitrogens with zero attached hydrogens (tertiary/aromatic N) is 1. The van der Waals surface area contributed by atoms with Crippen LogP contribution in [-0.2, 0) is 13.0 Å². The van der Waals surface area contributed by atoms with Crippen LogP contribution in [0, 0.1) is 11.3 Å². The van der Waals surface area contributed by atoms with Crippen LogP contribution in [0.15, 0.2) is 48.5 Å². The van der Waals surface area contributed by atoms with Crippen LogP contribution in [0.4, 0.5) is 5.69 Å². The Kier molecular flexibility index (Phi) is 5.62. The maximum Gasteiger partial charge on any atom is 0.174 e. The second-order valence-electron chi connectivity index (χ2n) is 4.62. The van der Waals surface area contributed by atoms with Crippen molar-refractivity contribution in [3.05, 3.63) is 59.7 Å². The fourth-order valence-electron chi connectivity index (χ4n) is 1.98.